The largest absolute Gasteiger partial charge is 0.354 e. The summed E-state index contributed by atoms with van der Waals surface area (Å²) in [5, 5.41) is 8.65. The zero-order valence-corrected chi connectivity index (χ0v) is 14.4. The molecule has 2 rings (SSSR count). The quantitative estimate of drug-likeness (QED) is 0.641. The van der Waals surface area contributed by atoms with Crippen LogP contribution in [0.3, 0.4) is 0 Å². The number of urea groups is 1. The van der Waals surface area contributed by atoms with Crippen molar-refractivity contribution in [2.45, 2.75) is 57.4 Å². The Kier molecular flexibility index (Phi) is 8.15. The maximum Gasteiger partial charge on any atom is 0.315 e. The van der Waals surface area contributed by atoms with Gasteiger partial charge in [0.05, 0.1) is 0 Å². The highest BCUT2D eigenvalue weighted by atomic mass is 16.2. The smallest absolute Gasteiger partial charge is 0.315 e. The summed E-state index contributed by atoms with van der Waals surface area (Å²) in [5.41, 5.74) is 1.26. The fourth-order valence-electron chi connectivity index (χ4n) is 3.05. The molecule has 1 aliphatic carbocycles. The minimum atomic E-state index is -0.125. The number of amides is 3. The van der Waals surface area contributed by atoms with Crippen LogP contribution in [0.15, 0.2) is 30.3 Å². The number of hydrogen-bond acceptors (Lipinski definition) is 2. The molecule has 5 nitrogen and oxygen atoms in total. The number of nitrogens with one attached hydrogen (secondary N) is 3. The number of carbonyl (C=O) groups excluding carboxylic acids is 2. The third-order valence-corrected chi connectivity index (χ3v) is 4.39. The van der Waals surface area contributed by atoms with Gasteiger partial charge in [0.1, 0.15) is 0 Å². The molecule has 0 spiro atoms. The van der Waals surface area contributed by atoms with E-state index in [1.807, 2.05) is 18.2 Å². The fourth-order valence-corrected chi connectivity index (χ4v) is 3.05. The van der Waals surface area contributed by atoms with Gasteiger partial charge in [-0.15, -0.1) is 0 Å². The molecule has 3 N–H and O–H groups in total. The molecule has 0 bridgehead atoms. The number of aryl methyl sites for hydroxylation is 1. The lowest BCUT2D eigenvalue weighted by atomic mass is 9.96. The van der Waals surface area contributed by atoms with Crippen LogP contribution in [0, 0.1) is 0 Å². The molecule has 0 aromatic heterocycles. The lowest BCUT2D eigenvalue weighted by Gasteiger charge is -2.22. The van der Waals surface area contributed by atoms with E-state index >= 15 is 0 Å². The van der Waals surface area contributed by atoms with Crippen molar-refractivity contribution in [1.29, 1.82) is 0 Å². The second-order valence-corrected chi connectivity index (χ2v) is 6.42. The molecule has 1 fully saturated rings. The summed E-state index contributed by atoms with van der Waals surface area (Å²) in [6.45, 7) is 0.936. The first-order valence-corrected chi connectivity index (χ1v) is 9.09. The van der Waals surface area contributed by atoms with E-state index in [2.05, 4.69) is 28.1 Å². The van der Waals surface area contributed by atoms with Crippen molar-refractivity contribution in [1.82, 2.24) is 16.0 Å². The van der Waals surface area contributed by atoms with Crippen molar-refractivity contribution in [3.8, 4) is 0 Å². The molecule has 3 amide bonds. The second-order valence-electron chi connectivity index (χ2n) is 6.42. The maximum absolute atomic E-state index is 11.8. The van der Waals surface area contributed by atoms with E-state index < -0.39 is 0 Å². The third-order valence-electron chi connectivity index (χ3n) is 4.39. The maximum atomic E-state index is 11.8. The summed E-state index contributed by atoms with van der Waals surface area (Å²) < 4.78 is 0. The summed E-state index contributed by atoms with van der Waals surface area (Å²) in [6.07, 6.45) is 8.09. The zero-order valence-electron chi connectivity index (χ0n) is 14.4. The number of carbonyl (C=O) groups is 2. The van der Waals surface area contributed by atoms with Crippen molar-refractivity contribution in [2.75, 3.05) is 13.1 Å². The first-order chi connectivity index (χ1) is 11.7. The monoisotopic (exact) mass is 331 g/mol. The van der Waals surface area contributed by atoms with E-state index in [-0.39, 0.29) is 11.9 Å². The zero-order chi connectivity index (χ0) is 17.0. The molecular formula is C19H29N3O2. The van der Waals surface area contributed by atoms with Crippen molar-refractivity contribution in [3.05, 3.63) is 35.9 Å². The number of hydrogen-bond donors (Lipinski definition) is 3. The van der Waals surface area contributed by atoms with Crippen LogP contribution in [0.4, 0.5) is 4.79 Å². The highest BCUT2D eigenvalue weighted by Crippen LogP contribution is 2.17. The van der Waals surface area contributed by atoms with Gasteiger partial charge >= 0.3 is 6.03 Å². The third kappa shape index (κ3) is 7.49. The Bertz CT molecular complexity index is 499. The van der Waals surface area contributed by atoms with Gasteiger partial charge in [0.25, 0.3) is 0 Å². The molecule has 0 aliphatic heterocycles. The van der Waals surface area contributed by atoms with Crippen LogP contribution < -0.4 is 16.0 Å². The Hall–Kier alpha value is -2.04. The lowest BCUT2D eigenvalue weighted by molar-refractivity contribution is -0.121. The molecule has 132 valence electrons. The van der Waals surface area contributed by atoms with Gasteiger partial charge in [-0.3, -0.25) is 4.79 Å². The van der Waals surface area contributed by atoms with Gasteiger partial charge in [-0.1, -0.05) is 49.6 Å². The minimum absolute atomic E-state index is 0.0421. The predicted octanol–water partition coefficient (Wildman–Crippen LogP) is 2.76. The van der Waals surface area contributed by atoms with Crippen molar-refractivity contribution < 1.29 is 9.59 Å². The number of benzene rings is 1. The minimum Gasteiger partial charge on any atom is -0.354 e. The van der Waals surface area contributed by atoms with Crippen LogP contribution >= 0.6 is 0 Å². The average Bonchev–Trinajstić information content (AvgIpc) is 2.60. The molecule has 1 aromatic carbocycles. The van der Waals surface area contributed by atoms with Gasteiger partial charge in [-0.25, -0.2) is 4.79 Å². The van der Waals surface area contributed by atoms with E-state index in [0.29, 0.717) is 25.6 Å². The number of rotatable bonds is 8. The Morgan fingerprint density at radius 3 is 2.42 bits per heavy atom. The molecule has 1 saturated carbocycles. The van der Waals surface area contributed by atoms with Crippen LogP contribution in [-0.2, 0) is 11.2 Å². The van der Waals surface area contributed by atoms with Crippen LogP contribution in [0.5, 0.6) is 0 Å². The average molecular weight is 331 g/mol. The molecule has 0 radical (unpaired) electrons. The molecule has 1 aliphatic rings. The molecule has 1 aromatic rings. The first kappa shape index (κ1) is 18.3. The molecule has 0 atom stereocenters. The van der Waals surface area contributed by atoms with Gasteiger partial charge in [0.15, 0.2) is 0 Å². The van der Waals surface area contributed by atoms with E-state index in [1.54, 1.807) is 0 Å². The van der Waals surface area contributed by atoms with Crippen LogP contribution in [0.25, 0.3) is 0 Å². The van der Waals surface area contributed by atoms with E-state index in [1.165, 1.54) is 24.8 Å². The Labute approximate surface area is 144 Å². The lowest BCUT2D eigenvalue weighted by Crippen LogP contribution is -2.45. The highest BCUT2D eigenvalue weighted by molar-refractivity contribution is 5.76. The van der Waals surface area contributed by atoms with Crippen molar-refractivity contribution in [2.24, 2.45) is 0 Å². The van der Waals surface area contributed by atoms with Gasteiger partial charge < -0.3 is 16.0 Å². The van der Waals surface area contributed by atoms with Crippen molar-refractivity contribution >= 4 is 11.9 Å². The van der Waals surface area contributed by atoms with E-state index in [0.717, 1.165) is 25.7 Å². The first-order valence-electron chi connectivity index (χ1n) is 9.09. The topological polar surface area (TPSA) is 70.2 Å². The molecule has 24 heavy (non-hydrogen) atoms. The van der Waals surface area contributed by atoms with Crippen LogP contribution in [0.1, 0.15) is 50.5 Å². The second kappa shape index (κ2) is 10.7. The van der Waals surface area contributed by atoms with Gasteiger partial charge in [0, 0.05) is 25.6 Å². The Morgan fingerprint density at radius 1 is 0.958 bits per heavy atom. The predicted molar refractivity (Wildman–Crippen MR) is 95.8 cm³/mol. The molecule has 0 heterocycles. The van der Waals surface area contributed by atoms with Crippen molar-refractivity contribution in [3.63, 3.8) is 0 Å². The summed E-state index contributed by atoms with van der Waals surface area (Å²) >= 11 is 0. The standard InChI is InChI=1S/C19H29N3O2/c23-18(13-7-10-16-8-3-1-4-9-16)20-14-15-21-19(24)22-17-11-5-2-6-12-17/h1,3-4,8-9,17H,2,5-7,10-15H2,(H,20,23)(H2,21,22,24). The normalized spacial score (nSPS) is 14.8. The summed E-state index contributed by atoms with van der Waals surface area (Å²) in [7, 11) is 0. The van der Waals surface area contributed by atoms with Crippen LogP contribution in [0.2, 0.25) is 0 Å². The molecule has 5 heteroatoms. The highest BCUT2D eigenvalue weighted by Gasteiger charge is 2.15. The molecule has 0 saturated heterocycles. The van der Waals surface area contributed by atoms with Crippen LogP contribution in [-0.4, -0.2) is 31.1 Å². The molecular weight excluding hydrogens is 302 g/mol. The Morgan fingerprint density at radius 2 is 1.67 bits per heavy atom. The SMILES string of the molecule is O=C(CCCc1ccccc1)NCCNC(=O)NC1CCCCC1. The summed E-state index contributed by atoms with van der Waals surface area (Å²) in [5.74, 6) is 0.0421. The fraction of sp³-hybridized carbons (Fsp3) is 0.579. The van der Waals surface area contributed by atoms with Gasteiger partial charge in [-0.05, 0) is 31.2 Å². The Balaban J connectivity index is 1.47. The summed E-state index contributed by atoms with van der Waals surface area (Å²) in [6, 6.07) is 10.4. The summed E-state index contributed by atoms with van der Waals surface area (Å²) in [4.78, 5) is 23.5. The molecule has 0 unspecified atom stereocenters. The van der Waals surface area contributed by atoms with E-state index in [4.69, 9.17) is 0 Å². The van der Waals surface area contributed by atoms with E-state index in [9.17, 15) is 9.59 Å². The van der Waals surface area contributed by atoms with Gasteiger partial charge in [0.2, 0.25) is 5.91 Å². The van der Waals surface area contributed by atoms with Gasteiger partial charge in [-0.2, -0.15) is 0 Å².